The molecule has 0 aromatic carbocycles. The second kappa shape index (κ2) is 8.04. The summed E-state index contributed by atoms with van der Waals surface area (Å²) in [7, 11) is 0. The van der Waals surface area contributed by atoms with Gasteiger partial charge in [0.05, 0.1) is 24.9 Å². The lowest BCUT2D eigenvalue weighted by Gasteiger charge is -2.63. The molecular formula is C25H42O5. The zero-order valence-corrected chi connectivity index (χ0v) is 19.2. The third kappa shape index (κ3) is 3.44. The molecular weight excluding hydrogens is 380 g/mol. The molecule has 5 nitrogen and oxygen atoms in total. The summed E-state index contributed by atoms with van der Waals surface area (Å²) >= 11 is 0. The molecule has 4 rings (SSSR count). The highest BCUT2D eigenvalue weighted by Crippen LogP contribution is 2.68. The maximum Gasteiger partial charge on any atom is 0.302 e. The Labute approximate surface area is 181 Å². The van der Waals surface area contributed by atoms with Gasteiger partial charge in [-0.05, 0) is 97.7 Å². The fourth-order valence-corrected chi connectivity index (χ4v) is 8.72. The predicted octanol–water partition coefficient (Wildman–Crippen LogP) is 3.54. The Morgan fingerprint density at radius 1 is 1.07 bits per heavy atom. The second-order valence-electron chi connectivity index (χ2n) is 11.6. The third-order valence-corrected chi connectivity index (χ3v) is 10.4. The molecule has 4 aliphatic carbocycles. The largest absolute Gasteiger partial charge is 0.466 e. The maximum absolute atomic E-state index is 11.5. The first-order valence-corrected chi connectivity index (χ1v) is 12.3. The van der Waals surface area contributed by atoms with Crippen molar-refractivity contribution >= 4 is 5.97 Å². The highest BCUT2D eigenvalue weighted by atomic mass is 16.5. The number of fused-ring (bicyclic) bond motifs is 5. The van der Waals surface area contributed by atoms with E-state index in [-0.39, 0.29) is 41.0 Å². The number of hydrogen-bond acceptors (Lipinski definition) is 5. The van der Waals surface area contributed by atoms with Gasteiger partial charge in [0.15, 0.2) is 0 Å². The molecule has 4 saturated carbocycles. The van der Waals surface area contributed by atoms with Gasteiger partial charge in [-0.1, -0.05) is 20.8 Å². The summed E-state index contributed by atoms with van der Waals surface area (Å²) in [5.41, 5.74) is -0.0698. The molecule has 0 heterocycles. The molecule has 4 aliphatic rings. The number of hydrogen-bond donors (Lipinski definition) is 3. The van der Waals surface area contributed by atoms with Crippen molar-refractivity contribution in [1.82, 2.24) is 0 Å². The van der Waals surface area contributed by atoms with Crippen molar-refractivity contribution in [2.45, 2.75) is 97.4 Å². The van der Waals surface area contributed by atoms with Crippen molar-refractivity contribution in [3.8, 4) is 0 Å². The van der Waals surface area contributed by atoms with E-state index < -0.39 is 0 Å². The summed E-state index contributed by atoms with van der Waals surface area (Å²) in [5, 5.41) is 33.1. The number of ether oxygens (including phenoxy) is 1. The summed E-state index contributed by atoms with van der Waals surface area (Å²) in [6, 6.07) is 0. The van der Waals surface area contributed by atoms with E-state index in [0.717, 1.165) is 51.4 Å². The van der Waals surface area contributed by atoms with Crippen molar-refractivity contribution in [2.24, 2.45) is 46.3 Å². The van der Waals surface area contributed by atoms with E-state index in [1.165, 1.54) is 6.92 Å². The van der Waals surface area contributed by atoms with E-state index in [0.29, 0.717) is 36.2 Å². The number of esters is 1. The molecule has 3 N–H and O–H groups in total. The topological polar surface area (TPSA) is 87.0 Å². The number of rotatable bonds is 4. The first kappa shape index (κ1) is 22.5. The van der Waals surface area contributed by atoms with E-state index in [2.05, 4.69) is 20.8 Å². The van der Waals surface area contributed by atoms with Gasteiger partial charge in [0.25, 0.3) is 0 Å². The molecule has 5 heteroatoms. The van der Waals surface area contributed by atoms with Gasteiger partial charge < -0.3 is 20.1 Å². The van der Waals surface area contributed by atoms with Crippen molar-refractivity contribution in [3.05, 3.63) is 0 Å². The highest BCUT2D eigenvalue weighted by Gasteiger charge is 2.65. The van der Waals surface area contributed by atoms with Crippen LogP contribution in [0.1, 0.15) is 79.1 Å². The van der Waals surface area contributed by atoms with Gasteiger partial charge in [-0.3, -0.25) is 4.79 Å². The maximum atomic E-state index is 11.5. The van der Waals surface area contributed by atoms with Gasteiger partial charge in [-0.25, -0.2) is 0 Å². The highest BCUT2D eigenvalue weighted by molar-refractivity contribution is 5.65. The SMILES string of the molecule is CC(=O)OCCC(C)C1CCC2C3C(O)CC4CC(O)CCC4(C)C3CC(O)C12C. The normalized spacial score (nSPS) is 51.4. The Morgan fingerprint density at radius 2 is 1.80 bits per heavy atom. The fraction of sp³-hybridized carbons (Fsp3) is 0.960. The van der Waals surface area contributed by atoms with Crippen molar-refractivity contribution < 1.29 is 24.9 Å². The second-order valence-corrected chi connectivity index (χ2v) is 11.6. The van der Waals surface area contributed by atoms with Crippen LogP contribution < -0.4 is 0 Å². The zero-order valence-electron chi connectivity index (χ0n) is 19.2. The molecule has 4 fully saturated rings. The van der Waals surface area contributed by atoms with E-state index >= 15 is 0 Å². The Morgan fingerprint density at radius 3 is 2.50 bits per heavy atom. The number of carbonyl (C=O) groups excluding carboxylic acids is 1. The zero-order chi connectivity index (χ0) is 21.8. The predicted molar refractivity (Wildman–Crippen MR) is 114 cm³/mol. The van der Waals surface area contributed by atoms with Crippen LogP contribution in [0.2, 0.25) is 0 Å². The molecule has 11 unspecified atom stereocenters. The van der Waals surface area contributed by atoms with E-state index in [1.54, 1.807) is 0 Å². The molecule has 0 bridgehead atoms. The van der Waals surface area contributed by atoms with Crippen LogP contribution in [0.25, 0.3) is 0 Å². The van der Waals surface area contributed by atoms with Crippen LogP contribution in [0.15, 0.2) is 0 Å². The van der Waals surface area contributed by atoms with Gasteiger partial charge in [-0.2, -0.15) is 0 Å². The monoisotopic (exact) mass is 422 g/mol. The van der Waals surface area contributed by atoms with Gasteiger partial charge in [0, 0.05) is 6.92 Å². The molecule has 0 aromatic heterocycles. The van der Waals surface area contributed by atoms with E-state index in [1.807, 2.05) is 0 Å². The van der Waals surface area contributed by atoms with Crippen LogP contribution in [-0.4, -0.2) is 46.2 Å². The lowest BCUT2D eigenvalue weighted by atomic mass is 9.43. The average Bonchev–Trinajstić information content (AvgIpc) is 3.02. The van der Waals surface area contributed by atoms with Crippen LogP contribution in [0, 0.1) is 46.3 Å². The number of aliphatic hydroxyl groups excluding tert-OH is 3. The van der Waals surface area contributed by atoms with Gasteiger partial charge >= 0.3 is 5.97 Å². The van der Waals surface area contributed by atoms with Crippen LogP contribution >= 0.6 is 0 Å². The van der Waals surface area contributed by atoms with Crippen LogP contribution in [0.4, 0.5) is 0 Å². The van der Waals surface area contributed by atoms with Crippen molar-refractivity contribution in [1.29, 1.82) is 0 Å². The Kier molecular flexibility index (Phi) is 6.04. The Balaban J connectivity index is 1.56. The molecule has 0 aliphatic heterocycles. The fourth-order valence-electron chi connectivity index (χ4n) is 8.72. The number of aliphatic hydroxyl groups is 3. The molecule has 11 atom stereocenters. The Bertz CT molecular complexity index is 651. The first-order chi connectivity index (χ1) is 14.1. The third-order valence-electron chi connectivity index (χ3n) is 10.4. The van der Waals surface area contributed by atoms with Crippen molar-refractivity contribution in [3.63, 3.8) is 0 Å². The minimum absolute atomic E-state index is 0.116. The van der Waals surface area contributed by atoms with Gasteiger partial charge in [-0.15, -0.1) is 0 Å². The van der Waals surface area contributed by atoms with Gasteiger partial charge in [0.1, 0.15) is 0 Å². The molecule has 0 aromatic rings. The van der Waals surface area contributed by atoms with Crippen LogP contribution in [-0.2, 0) is 9.53 Å². The summed E-state index contributed by atoms with van der Waals surface area (Å²) in [4.78, 5) is 11.1. The summed E-state index contributed by atoms with van der Waals surface area (Å²) in [6.45, 7) is 8.77. The van der Waals surface area contributed by atoms with E-state index in [4.69, 9.17) is 4.74 Å². The molecule has 0 radical (unpaired) electrons. The lowest BCUT2D eigenvalue weighted by molar-refractivity contribution is -0.207. The minimum Gasteiger partial charge on any atom is -0.466 e. The average molecular weight is 423 g/mol. The molecule has 0 spiro atoms. The summed E-state index contributed by atoms with van der Waals surface area (Å²) in [5.74, 6) is 1.81. The standard InChI is InChI=1S/C25H42O5/c1-14(8-10-30-15(2)26)18-5-6-19-23-20(13-22(29)25(18,19)4)24(3)9-7-17(27)11-16(24)12-21(23)28/h14,16-23,27-29H,5-13H2,1-4H3. The van der Waals surface area contributed by atoms with E-state index in [9.17, 15) is 20.1 Å². The lowest BCUT2D eigenvalue weighted by Crippen LogP contribution is -2.62. The summed E-state index contributed by atoms with van der Waals surface area (Å²) < 4.78 is 5.19. The quantitative estimate of drug-likeness (QED) is 0.603. The number of carbonyl (C=O) groups is 1. The molecule has 0 amide bonds. The summed E-state index contributed by atoms with van der Waals surface area (Å²) in [6.07, 6.45) is 6.26. The van der Waals surface area contributed by atoms with Crippen molar-refractivity contribution in [2.75, 3.05) is 6.61 Å². The van der Waals surface area contributed by atoms with Gasteiger partial charge in [0.2, 0.25) is 0 Å². The Hall–Kier alpha value is -0.650. The van der Waals surface area contributed by atoms with Crippen LogP contribution in [0.3, 0.4) is 0 Å². The molecule has 0 saturated heterocycles. The molecule has 30 heavy (non-hydrogen) atoms. The minimum atomic E-state index is -0.359. The molecule has 172 valence electrons. The first-order valence-electron chi connectivity index (χ1n) is 12.3. The van der Waals surface area contributed by atoms with Crippen LogP contribution in [0.5, 0.6) is 0 Å². The smallest absolute Gasteiger partial charge is 0.302 e.